The van der Waals surface area contributed by atoms with Crippen LogP contribution in [0.2, 0.25) is 0 Å². The van der Waals surface area contributed by atoms with Crippen molar-refractivity contribution in [2.24, 2.45) is 0 Å². The second kappa shape index (κ2) is 5.80. The molecule has 0 fully saturated rings. The predicted octanol–water partition coefficient (Wildman–Crippen LogP) is 3.09. The van der Waals surface area contributed by atoms with E-state index >= 15 is 0 Å². The van der Waals surface area contributed by atoms with Crippen molar-refractivity contribution < 1.29 is 4.39 Å². The number of rotatable bonds is 4. The highest BCUT2D eigenvalue weighted by molar-refractivity contribution is 5.24. The van der Waals surface area contributed by atoms with Gasteiger partial charge >= 0.3 is 0 Å². The van der Waals surface area contributed by atoms with Gasteiger partial charge in [-0.15, -0.1) is 10.2 Å². The van der Waals surface area contributed by atoms with E-state index in [-0.39, 0.29) is 11.4 Å². The quantitative estimate of drug-likeness (QED) is 0.944. The summed E-state index contributed by atoms with van der Waals surface area (Å²) in [6, 6.07) is 5.20. The van der Waals surface area contributed by atoms with E-state index in [4.69, 9.17) is 0 Å². The van der Waals surface area contributed by atoms with Crippen LogP contribution in [0.1, 0.15) is 49.5 Å². The first-order valence-corrected chi connectivity index (χ1v) is 7.90. The van der Waals surface area contributed by atoms with Crippen LogP contribution in [0, 0.1) is 12.7 Å². The van der Waals surface area contributed by atoms with Crippen molar-refractivity contribution in [2.75, 3.05) is 0 Å². The van der Waals surface area contributed by atoms with Crippen LogP contribution >= 0.6 is 0 Å². The number of aromatic nitrogens is 3. The Balaban J connectivity index is 1.79. The first-order chi connectivity index (χ1) is 10.5. The first-order valence-electron chi connectivity index (χ1n) is 7.90. The van der Waals surface area contributed by atoms with Crippen LogP contribution in [0.25, 0.3) is 0 Å². The lowest BCUT2D eigenvalue weighted by molar-refractivity contribution is 0.349. The molecule has 0 saturated heterocycles. The molecule has 5 heteroatoms. The molecule has 4 nitrogen and oxygen atoms in total. The standard InChI is InChI=1S/C17H23FN4/c1-12-7-8-14(18)13(10-12)11-19-17(2,3)16-21-20-15-6-4-5-9-22(15)16/h7-8,10,19H,4-6,9,11H2,1-3H3. The van der Waals surface area contributed by atoms with Crippen LogP contribution < -0.4 is 5.32 Å². The minimum absolute atomic E-state index is 0.169. The molecule has 3 rings (SSSR count). The second-order valence-corrected chi connectivity index (χ2v) is 6.62. The third-order valence-corrected chi connectivity index (χ3v) is 4.34. The van der Waals surface area contributed by atoms with Gasteiger partial charge in [-0.2, -0.15) is 0 Å². The van der Waals surface area contributed by atoms with Crippen LogP contribution in [0.4, 0.5) is 4.39 Å². The average molecular weight is 302 g/mol. The number of benzene rings is 1. The molecule has 0 spiro atoms. The zero-order valence-electron chi connectivity index (χ0n) is 13.5. The molecule has 0 aliphatic carbocycles. The van der Waals surface area contributed by atoms with Gasteiger partial charge in [-0.05, 0) is 39.7 Å². The smallest absolute Gasteiger partial charge is 0.152 e. The fraction of sp³-hybridized carbons (Fsp3) is 0.529. The molecular formula is C17H23FN4. The van der Waals surface area contributed by atoms with Gasteiger partial charge in [0.2, 0.25) is 0 Å². The largest absolute Gasteiger partial charge is 0.313 e. The Bertz CT molecular complexity index is 675. The van der Waals surface area contributed by atoms with Crippen molar-refractivity contribution >= 4 is 0 Å². The van der Waals surface area contributed by atoms with Crippen LogP contribution in [0.5, 0.6) is 0 Å². The first kappa shape index (κ1) is 15.2. The Morgan fingerprint density at radius 2 is 2.09 bits per heavy atom. The van der Waals surface area contributed by atoms with Gasteiger partial charge in [-0.1, -0.05) is 17.7 Å². The molecule has 1 aromatic heterocycles. The highest BCUT2D eigenvalue weighted by Crippen LogP contribution is 2.24. The van der Waals surface area contributed by atoms with Gasteiger partial charge in [0, 0.05) is 25.1 Å². The summed E-state index contributed by atoms with van der Waals surface area (Å²) >= 11 is 0. The summed E-state index contributed by atoms with van der Waals surface area (Å²) in [4.78, 5) is 0. The van der Waals surface area contributed by atoms with Gasteiger partial charge in [0.15, 0.2) is 5.82 Å². The van der Waals surface area contributed by atoms with E-state index in [2.05, 4.69) is 33.9 Å². The number of hydrogen-bond acceptors (Lipinski definition) is 3. The van der Waals surface area contributed by atoms with Crippen LogP contribution in [-0.4, -0.2) is 14.8 Å². The zero-order chi connectivity index (χ0) is 15.7. The Morgan fingerprint density at radius 1 is 1.27 bits per heavy atom. The Kier molecular flexibility index (Phi) is 4.00. The fourth-order valence-corrected chi connectivity index (χ4v) is 3.00. The molecule has 0 saturated carbocycles. The maximum atomic E-state index is 13.9. The summed E-state index contributed by atoms with van der Waals surface area (Å²) in [6.45, 7) is 7.58. The van der Waals surface area contributed by atoms with Gasteiger partial charge in [-0.3, -0.25) is 0 Å². The summed E-state index contributed by atoms with van der Waals surface area (Å²) in [5.41, 5.74) is 1.40. The van der Waals surface area contributed by atoms with Crippen molar-refractivity contribution in [1.29, 1.82) is 0 Å². The molecule has 1 aliphatic rings. The summed E-state index contributed by atoms with van der Waals surface area (Å²) in [7, 11) is 0. The van der Waals surface area contributed by atoms with Gasteiger partial charge in [0.05, 0.1) is 5.54 Å². The van der Waals surface area contributed by atoms with Crippen LogP contribution in [0.15, 0.2) is 18.2 Å². The van der Waals surface area contributed by atoms with E-state index in [0.717, 1.165) is 30.2 Å². The van der Waals surface area contributed by atoms with E-state index in [1.807, 2.05) is 13.0 Å². The predicted molar refractivity (Wildman–Crippen MR) is 84.0 cm³/mol. The molecule has 1 aromatic carbocycles. The Hall–Kier alpha value is -1.75. The molecule has 0 atom stereocenters. The number of nitrogens with one attached hydrogen (secondary N) is 1. The molecule has 1 aliphatic heterocycles. The average Bonchev–Trinajstić information content (AvgIpc) is 2.93. The monoisotopic (exact) mass is 302 g/mol. The summed E-state index contributed by atoms with van der Waals surface area (Å²) in [5, 5.41) is 12.1. The summed E-state index contributed by atoms with van der Waals surface area (Å²) < 4.78 is 16.1. The third kappa shape index (κ3) is 2.90. The molecule has 22 heavy (non-hydrogen) atoms. The van der Waals surface area contributed by atoms with E-state index in [1.54, 1.807) is 6.07 Å². The van der Waals surface area contributed by atoms with Crippen molar-refractivity contribution in [1.82, 2.24) is 20.1 Å². The summed E-state index contributed by atoms with van der Waals surface area (Å²) in [6.07, 6.45) is 3.34. The fourth-order valence-electron chi connectivity index (χ4n) is 3.00. The number of hydrogen-bond donors (Lipinski definition) is 1. The van der Waals surface area contributed by atoms with Crippen LogP contribution in [-0.2, 0) is 25.0 Å². The minimum Gasteiger partial charge on any atom is -0.313 e. The van der Waals surface area contributed by atoms with Gasteiger partial charge in [0.25, 0.3) is 0 Å². The second-order valence-electron chi connectivity index (χ2n) is 6.62. The summed E-state index contributed by atoms with van der Waals surface area (Å²) in [5.74, 6) is 1.84. The number of fused-ring (bicyclic) bond motifs is 1. The Morgan fingerprint density at radius 3 is 2.91 bits per heavy atom. The number of nitrogens with zero attached hydrogens (tertiary/aromatic N) is 3. The van der Waals surface area contributed by atoms with E-state index < -0.39 is 0 Å². The molecule has 0 unspecified atom stereocenters. The van der Waals surface area contributed by atoms with Crippen molar-refractivity contribution in [3.05, 3.63) is 46.8 Å². The molecular weight excluding hydrogens is 279 g/mol. The van der Waals surface area contributed by atoms with Gasteiger partial charge < -0.3 is 9.88 Å². The molecule has 118 valence electrons. The maximum absolute atomic E-state index is 13.9. The normalized spacial score (nSPS) is 14.9. The SMILES string of the molecule is Cc1ccc(F)c(CNC(C)(C)c2nnc3n2CCCC3)c1. The molecule has 0 bridgehead atoms. The number of halogens is 1. The zero-order valence-corrected chi connectivity index (χ0v) is 13.5. The topological polar surface area (TPSA) is 42.7 Å². The van der Waals surface area contributed by atoms with E-state index in [1.165, 1.54) is 18.9 Å². The van der Waals surface area contributed by atoms with Crippen molar-refractivity contribution in [3.8, 4) is 0 Å². The van der Waals surface area contributed by atoms with Crippen molar-refractivity contribution in [2.45, 2.75) is 58.7 Å². The number of aryl methyl sites for hydroxylation is 2. The molecule has 1 N–H and O–H groups in total. The molecule has 2 heterocycles. The Labute approximate surface area is 130 Å². The lowest BCUT2D eigenvalue weighted by atomic mass is 10.0. The lowest BCUT2D eigenvalue weighted by Crippen LogP contribution is -2.39. The van der Waals surface area contributed by atoms with E-state index in [9.17, 15) is 4.39 Å². The third-order valence-electron chi connectivity index (χ3n) is 4.34. The van der Waals surface area contributed by atoms with Gasteiger partial charge in [0.1, 0.15) is 11.6 Å². The molecule has 0 radical (unpaired) electrons. The highest BCUT2D eigenvalue weighted by atomic mass is 19.1. The maximum Gasteiger partial charge on any atom is 0.152 e. The van der Waals surface area contributed by atoms with Crippen molar-refractivity contribution in [3.63, 3.8) is 0 Å². The lowest BCUT2D eigenvalue weighted by Gasteiger charge is -2.27. The molecule has 2 aromatic rings. The molecule has 0 amide bonds. The van der Waals surface area contributed by atoms with Gasteiger partial charge in [-0.25, -0.2) is 4.39 Å². The minimum atomic E-state index is -0.348. The van der Waals surface area contributed by atoms with E-state index in [0.29, 0.717) is 12.1 Å². The highest BCUT2D eigenvalue weighted by Gasteiger charge is 2.29. The van der Waals surface area contributed by atoms with Crippen LogP contribution in [0.3, 0.4) is 0 Å².